The van der Waals surface area contributed by atoms with E-state index in [1.807, 2.05) is 0 Å². The van der Waals surface area contributed by atoms with Crippen LogP contribution in [-0.4, -0.2) is 32.1 Å². The standard InChI is InChI=1S/C29H52NO4S/c1-2-3-4-5-6-7-8-9-10-11-12-13-14-15-18-27-23-28(33-24-27)25-34-29(31)32-21-17-16-19-30-20-22-35-26-30/h20,22,26-28H,2-19,21,23-25H2,1H3/q+1/t27-,28+/m0/s1. The molecule has 1 saturated heterocycles. The quantitative estimate of drug-likeness (QED) is 0.0895. The Morgan fingerprint density at radius 1 is 0.886 bits per heavy atom. The van der Waals surface area contributed by atoms with Gasteiger partial charge in [-0.15, -0.1) is 0 Å². The average Bonchev–Trinajstić information content (AvgIpc) is 3.55. The molecule has 0 radical (unpaired) electrons. The van der Waals surface area contributed by atoms with Gasteiger partial charge in [-0.1, -0.05) is 108 Å². The number of hydrogen-bond donors (Lipinski definition) is 0. The molecule has 0 aromatic carbocycles. The molecule has 0 spiro atoms. The van der Waals surface area contributed by atoms with E-state index in [1.165, 1.54) is 96.3 Å². The second-order valence-corrected chi connectivity index (χ2v) is 11.1. The molecule has 1 fully saturated rings. The van der Waals surface area contributed by atoms with E-state index in [0.29, 0.717) is 19.1 Å². The lowest BCUT2D eigenvalue weighted by Crippen LogP contribution is -2.29. The van der Waals surface area contributed by atoms with Crippen molar-refractivity contribution >= 4 is 17.5 Å². The number of unbranched alkanes of at least 4 members (excludes halogenated alkanes) is 14. The van der Waals surface area contributed by atoms with E-state index in [0.717, 1.165) is 32.4 Å². The van der Waals surface area contributed by atoms with Crippen LogP contribution in [0, 0.1) is 5.92 Å². The van der Waals surface area contributed by atoms with Crippen LogP contribution in [0.1, 0.15) is 122 Å². The van der Waals surface area contributed by atoms with E-state index in [2.05, 4.69) is 28.6 Å². The zero-order chi connectivity index (χ0) is 24.8. The number of ether oxygens (including phenoxy) is 3. The second-order valence-electron chi connectivity index (χ2n) is 10.3. The van der Waals surface area contributed by atoms with Gasteiger partial charge in [-0.2, -0.15) is 4.57 Å². The van der Waals surface area contributed by atoms with Gasteiger partial charge in [0.05, 0.1) is 24.7 Å². The number of rotatable bonds is 22. The van der Waals surface area contributed by atoms with Crippen LogP contribution < -0.4 is 4.57 Å². The molecule has 202 valence electrons. The molecule has 2 heterocycles. The number of aryl methyl sites for hydroxylation is 1. The van der Waals surface area contributed by atoms with Crippen LogP contribution in [0.4, 0.5) is 4.79 Å². The van der Waals surface area contributed by atoms with Crippen molar-refractivity contribution in [1.82, 2.24) is 0 Å². The number of nitrogens with zero attached hydrogens (tertiary/aromatic N) is 1. The highest BCUT2D eigenvalue weighted by Crippen LogP contribution is 2.25. The minimum atomic E-state index is -0.563. The summed E-state index contributed by atoms with van der Waals surface area (Å²) in [4.78, 5) is 11.8. The largest absolute Gasteiger partial charge is 0.508 e. The Morgan fingerprint density at radius 2 is 1.54 bits per heavy atom. The second kappa shape index (κ2) is 21.0. The van der Waals surface area contributed by atoms with Crippen LogP contribution in [0.5, 0.6) is 0 Å². The predicted octanol–water partition coefficient (Wildman–Crippen LogP) is 8.25. The third-order valence-electron chi connectivity index (χ3n) is 7.07. The SMILES string of the molecule is CCCCCCCCCCCCCCCC[C@@H]1CO[C@@H](COC(=O)OCCCC[n+]2ccsc2)C1. The molecule has 1 aliphatic heterocycles. The summed E-state index contributed by atoms with van der Waals surface area (Å²) in [6, 6.07) is 0. The number of carbonyl (C=O) groups is 1. The van der Waals surface area contributed by atoms with Gasteiger partial charge in [0.15, 0.2) is 6.20 Å². The van der Waals surface area contributed by atoms with Gasteiger partial charge < -0.3 is 14.2 Å². The van der Waals surface area contributed by atoms with E-state index in [1.54, 1.807) is 11.3 Å². The van der Waals surface area contributed by atoms with Crippen molar-refractivity contribution in [2.75, 3.05) is 19.8 Å². The first-order valence-corrected chi connectivity index (χ1v) is 15.5. The number of carbonyl (C=O) groups excluding carboxylic acids is 1. The minimum absolute atomic E-state index is 0.0363. The predicted molar refractivity (Wildman–Crippen MR) is 144 cm³/mol. The molecule has 1 aromatic heterocycles. The molecule has 1 aliphatic rings. The molecule has 5 nitrogen and oxygen atoms in total. The molecule has 0 saturated carbocycles. The molecule has 1 aromatic rings. The highest BCUT2D eigenvalue weighted by molar-refractivity contribution is 7.07. The van der Waals surface area contributed by atoms with Gasteiger partial charge >= 0.3 is 6.16 Å². The van der Waals surface area contributed by atoms with Crippen LogP contribution in [0.2, 0.25) is 0 Å². The molecular weight excluding hydrogens is 458 g/mol. The fourth-order valence-electron chi connectivity index (χ4n) is 4.87. The van der Waals surface area contributed by atoms with Crippen LogP contribution in [0.25, 0.3) is 0 Å². The molecule has 0 amide bonds. The Bertz CT molecular complexity index is 610. The molecule has 2 rings (SSSR count). The van der Waals surface area contributed by atoms with E-state index < -0.39 is 6.16 Å². The fourth-order valence-corrected chi connectivity index (χ4v) is 5.50. The maximum atomic E-state index is 11.8. The molecule has 0 aliphatic carbocycles. The van der Waals surface area contributed by atoms with Crippen molar-refractivity contribution in [3.05, 3.63) is 17.1 Å². The molecular formula is C29H52NO4S+. The lowest BCUT2D eigenvalue weighted by Gasteiger charge is -2.11. The maximum absolute atomic E-state index is 11.8. The number of aromatic nitrogens is 1. The number of hydrogen-bond acceptors (Lipinski definition) is 5. The summed E-state index contributed by atoms with van der Waals surface area (Å²) in [5.41, 5.74) is 2.09. The topological polar surface area (TPSA) is 48.6 Å². The van der Waals surface area contributed by atoms with Gasteiger partial charge in [-0.25, -0.2) is 4.79 Å². The summed E-state index contributed by atoms with van der Waals surface area (Å²) >= 11 is 1.68. The van der Waals surface area contributed by atoms with E-state index >= 15 is 0 Å². The van der Waals surface area contributed by atoms with Gasteiger partial charge in [0.1, 0.15) is 13.2 Å². The third-order valence-corrected chi connectivity index (χ3v) is 7.75. The molecule has 6 heteroatoms. The first-order valence-electron chi connectivity index (χ1n) is 14.6. The van der Waals surface area contributed by atoms with E-state index in [-0.39, 0.29) is 6.10 Å². The van der Waals surface area contributed by atoms with E-state index in [4.69, 9.17) is 14.2 Å². The number of thiazole rings is 1. The van der Waals surface area contributed by atoms with Crippen LogP contribution >= 0.6 is 11.3 Å². The van der Waals surface area contributed by atoms with Crippen LogP contribution in [-0.2, 0) is 20.8 Å². The summed E-state index contributed by atoms with van der Waals surface area (Å²) in [6.07, 6.45) is 25.2. The minimum Gasteiger partial charge on any atom is -0.434 e. The Balaban J connectivity index is 1.31. The summed E-state index contributed by atoms with van der Waals surface area (Å²) in [5.74, 6) is 0.617. The molecule has 35 heavy (non-hydrogen) atoms. The Morgan fingerprint density at radius 3 is 2.17 bits per heavy atom. The van der Waals surface area contributed by atoms with Crippen molar-refractivity contribution in [2.45, 2.75) is 135 Å². The van der Waals surface area contributed by atoms with Crippen LogP contribution in [0.15, 0.2) is 17.1 Å². The summed E-state index contributed by atoms with van der Waals surface area (Å²) in [6.45, 7) is 4.78. The smallest absolute Gasteiger partial charge is 0.434 e. The first-order chi connectivity index (χ1) is 17.3. The first kappa shape index (κ1) is 30.1. The van der Waals surface area contributed by atoms with Gasteiger partial charge in [0.25, 0.3) is 0 Å². The summed E-state index contributed by atoms with van der Waals surface area (Å²) in [7, 11) is 0. The third kappa shape index (κ3) is 16.3. The monoisotopic (exact) mass is 510 g/mol. The van der Waals surface area contributed by atoms with Crippen LogP contribution in [0.3, 0.4) is 0 Å². The Labute approximate surface area is 218 Å². The maximum Gasteiger partial charge on any atom is 0.508 e. The van der Waals surface area contributed by atoms with Gasteiger partial charge in [-0.05, 0) is 25.2 Å². The molecule has 0 bridgehead atoms. The molecule has 2 atom stereocenters. The highest BCUT2D eigenvalue weighted by atomic mass is 32.1. The zero-order valence-electron chi connectivity index (χ0n) is 22.4. The van der Waals surface area contributed by atoms with Gasteiger partial charge in [-0.3, -0.25) is 0 Å². The van der Waals surface area contributed by atoms with E-state index in [9.17, 15) is 4.79 Å². The molecule has 0 N–H and O–H groups in total. The van der Waals surface area contributed by atoms with Crippen molar-refractivity contribution in [3.63, 3.8) is 0 Å². The van der Waals surface area contributed by atoms with Crippen molar-refractivity contribution in [3.8, 4) is 0 Å². The summed E-state index contributed by atoms with van der Waals surface area (Å²) < 4.78 is 18.4. The lowest BCUT2D eigenvalue weighted by molar-refractivity contribution is -0.692. The fraction of sp³-hybridized carbons (Fsp3) is 0.862. The summed E-state index contributed by atoms with van der Waals surface area (Å²) in [5, 5.41) is 2.06. The van der Waals surface area contributed by atoms with Crippen molar-refractivity contribution in [2.24, 2.45) is 5.92 Å². The van der Waals surface area contributed by atoms with Gasteiger partial charge in [0, 0.05) is 6.42 Å². The molecule has 0 unspecified atom stereocenters. The normalized spacial score (nSPS) is 17.6. The lowest BCUT2D eigenvalue weighted by atomic mass is 9.97. The highest BCUT2D eigenvalue weighted by Gasteiger charge is 2.26. The van der Waals surface area contributed by atoms with Gasteiger partial charge in [0.2, 0.25) is 5.51 Å². The average molecular weight is 511 g/mol. The zero-order valence-corrected chi connectivity index (χ0v) is 23.2. The van der Waals surface area contributed by atoms with Crippen molar-refractivity contribution in [1.29, 1.82) is 0 Å². The Kier molecular flexibility index (Phi) is 18.0. The Hall–Kier alpha value is -1.14. The van der Waals surface area contributed by atoms with Crippen molar-refractivity contribution < 1.29 is 23.6 Å².